The molecule has 1 aromatic rings. The Balaban J connectivity index is 0.000000494. The fourth-order valence-electron chi connectivity index (χ4n) is 1.06. The summed E-state index contributed by atoms with van der Waals surface area (Å²) in [6.07, 6.45) is 1.38. The highest BCUT2D eigenvalue weighted by Crippen LogP contribution is 2.06. The van der Waals surface area contributed by atoms with Gasteiger partial charge >= 0.3 is 11.9 Å². The number of carbonyl (C=O) groups is 2. The fourth-order valence-corrected chi connectivity index (χ4v) is 1.06. The van der Waals surface area contributed by atoms with E-state index in [1.54, 1.807) is 0 Å². The number of carboxylic acids is 1. The van der Waals surface area contributed by atoms with Crippen LogP contribution in [0.5, 0.6) is 0 Å². The van der Waals surface area contributed by atoms with E-state index in [1.165, 1.54) is 7.11 Å². The minimum atomic E-state index is -0.981. The molecule has 0 radical (unpaired) electrons. The van der Waals surface area contributed by atoms with Gasteiger partial charge in [0.15, 0.2) is 0 Å². The molecule has 0 aliphatic carbocycles. The van der Waals surface area contributed by atoms with Crippen LogP contribution in [0.4, 0.5) is 0 Å². The molecule has 0 spiro atoms. The molecule has 0 bridgehead atoms. The van der Waals surface area contributed by atoms with Crippen LogP contribution in [0.25, 0.3) is 0 Å². The normalized spacial score (nSPS) is 8.50. The second-order valence-corrected chi connectivity index (χ2v) is 3.30. The Bertz CT molecular complexity index is 421. The van der Waals surface area contributed by atoms with Crippen LogP contribution in [0.15, 0.2) is 55.1 Å². The molecule has 0 aliphatic heterocycles. The molecule has 0 heterocycles. The number of rotatable bonds is 4. The molecule has 0 saturated heterocycles. The van der Waals surface area contributed by atoms with Crippen molar-refractivity contribution in [3.8, 4) is 0 Å². The van der Waals surface area contributed by atoms with Crippen LogP contribution in [0.3, 0.4) is 0 Å². The van der Waals surface area contributed by atoms with Crippen molar-refractivity contribution in [3.63, 3.8) is 0 Å². The molecule has 18 heavy (non-hydrogen) atoms. The van der Waals surface area contributed by atoms with E-state index < -0.39 is 5.97 Å². The lowest BCUT2D eigenvalue weighted by atomic mass is 10.1. The lowest BCUT2D eigenvalue weighted by Crippen LogP contribution is -2.05. The summed E-state index contributed by atoms with van der Waals surface area (Å²) >= 11 is 0. The van der Waals surface area contributed by atoms with E-state index in [0.717, 1.165) is 11.6 Å². The Morgan fingerprint density at radius 3 is 2.22 bits per heavy atom. The molecular formula is C14H16O4. The molecule has 4 nitrogen and oxygen atoms in total. The number of benzene rings is 1. The van der Waals surface area contributed by atoms with Crippen LogP contribution in [0.2, 0.25) is 0 Å². The molecule has 1 aromatic carbocycles. The second-order valence-electron chi connectivity index (χ2n) is 3.30. The molecule has 4 heteroatoms. The van der Waals surface area contributed by atoms with Crippen LogP contribution in [0.1, 0.15) is 5.56 Å². The maximum atomic E-state index is 11.0. The Kier molecular flexibility index (Phi) is 7.61. The first-order valence-electron chi connectivity index (χ1n) is 5.16. The van der Waals surface area contributed by atoms with Gasteiger partial charge in [-0.15, -0.1) is 0 Å². The van der Waals surface area contributed by atoms with Crippen molar-refractivity contribution in [1.82, 2.24) is 0 Å². The summed E-state index contributed by atoms with van der Waals surface area (Å²) in [4.78, 5) is 20.2. The van der Waals surface area contributed by atoms with E-state index in [-0.39, 0.29) is 5.97 Å². The zero-order valence-corrected chi connectivity index (χ0v) is 10.3. The number of carbonyl (C=O) groups excluding carboxylic acids is 1. The van der Waals surface area contributed by atoms with Gasteiger partial charge in [-0.2, -0.15) is 0 Å². The van der Waals surface area contributed by atoms with Gasteiger partial charge in [0, 0.05) is 18.1 Å². The van der Waals surface area contributed by atoms with Gasteiger partial charge in [-0.05, 0) is 5.56 Å². The van der Waals surface area contributed by atoms with E-state index >= 15 is 0 Å². The van der Waals surface area contributed by atoms with Crippen molar-refractivity contribution in [3.05, 3.63) is 60.7 Å². The average molecular weight is 248 g/mol. The van der Waals surface area contributed by atoms with Crippen LogP contribution in [0, 0.1) is 0 Å². The Labute approximate surface area is 106 Å². The molecule has 96 valence electrons. The first-order chi connectivity index (χ1) is 8.51. The van der Waals surface area contributed by atoms with Crippen molar-refractivity contribution in [1.29, 1.82) is 0 Å². The molecule has 0 aromatic heterocycles. The van der Waals surface area contributed by atoms with Gasteiger partial charge in [-0.3, -0.25) is 0 Å². The maximum absolute atomic E-state index is 11.0. The smallest absolute Gasteiger partial charge is 0.333 e. The van der Waals surface area contributed by atoms with Gasteiger partial charge in [0.2, 0.25) is 0 Å². The van der Waals surface area contributed by atoms with Gasteiger partial charge in [-0.25, -0.2) is 9.59 Å². The predicted octanol–water partition coefficient (Wildman–Crippen LogP) is 2.22. The lowest BCUT2D eigenvalue weighted by Gasteiger charge is -2.02. The summed E-state index contributed by atoms with van der Waals surface area (Å²) in [5.41, 5.74) is 1.55. The average Bonchev–Trinajstić information content (AvgIpc) is 2.39. The summed E-state index contributed by atoms with van der Waals surface area (Å²) < 4.78 is 4.55. The van der Waals surface area contributed by atoms with Gasteiger partial charge in [0.1, 0.15) is 0 Å². The molecule has 0 aliphatic rings. The third kappa shape index (κ3) is 7.00. The summed E-state index contributed by atoms with van der Waals surface area (Å²) in [5.74, 6) is -1.33. The summed E-state index contributed by atoms with van der Waals surface area (Å²) in [5, 5.41) is 7.60. The zero-order valence-electron chi connectivity index (χ0n) is 10.3. The lowest BCUT2D eigenvalue weighted by molar-refractivity contribution is -0.136. The van der Waals surface area contributed by atoms with Crippen LogP contribution in [-0.4, -0.2) is 24.2 Å². The molecule has 1 rings (SSSR count). The van der Waals surface area contributed by atoms with E-state index in [0.29, 0.717) is 12.0 Å². The van der Waals surface area contributed by atoms with Crippen molar-refractivity contribution in [2.45, 2.75) is 6.42 Å². The number of esters is 1. The molecule has 0 atom stereocenters. The minimum absolute atomic E-state index is 0.344. The number of carboxylic acid groups (broad SMARTS) is 1. The fraction of sp³-hybridized carbons (Fsp3) is 0.143. The van der Waals surface area contributed by atoms with Gasteiger partial charge in [0.25, 0.3) is 0 Å². The van der Waals surface area contributed by atoms with Crippen LogP contribution >= 0.6 is 0 Å². The molecule has 0 fully saturated rings. The number of ether oxygens (including phenoxy) is 1. The Morgan fingerprint density at radius 2 is 1.83 bits per heavy atom. The molecule has 0 unspecified atom stereocenters. The van der Waals surface area contributed by atoms with E-state index in [4.69, 9.17) is 5.11 Å². The number of aliphatic carboxylic acids is 1. The third-order valence-corrected chi connectivity index (χ3v) is 1.91. The van der Waals surface area contributed by atoms with Gasteiger partial charge < -0.3 is 9.84 Å². The van der Waals surface area contributed by atoms with E-state index in [1.807, 2.05) is 30.3 Å². The number of hydrogen-bond donors (Lipinski definition) is 1. The predicted molar refractivity (Wildman–Crippen MR) is 69.1 cm³/mol. The Morgan fingerprint density at radius 1 is 1.33 bits per heavy atom. The largest absolute Gasteiger partial charge is 0.478 e. The third-order valence-electron chi connectivity index (χ3n) is 1.91. The van der Waals surface area contributed by atoms with Crippen LogP contribution in [-0.2, 0) is 20.7 Å². The standard InChI is InChI=1S/C11H12O2.C3H4O2/c1-9(11(12)13-2)8-10-6-4-3-5-7-10;1-2-3(4)5/h3-7H,1,8H2,2H3;2H,1H2,(H,4,5). The second kappa shape index (κ2) is 8.75. The minimum Gasteiger partial charge on any atom is -0.478 e. The van der Waals surface area contributed by atoms with Crippen molar-refractivity contribution >= 4 is 11.9 Å². The Hall–Kier alpha value is -2.36. The van der Waals surface area contributed by atoms with Gasteiger partial charge in [0.05, 0.1) is 7.11 Å². The highest BCUT2D eigenvalue weighted by atomic mass is 16.5. The van der Waals surface area contributed by atoms with E-state index in [2.05, 4.69) is 17.9 Å². The highest BCUT2D eigenvalue weighted by molar-refractivity contribution is 5.88. The SMILES string of the molecule is C=C(Cc1ccccc1)C(=O)OC.C=CC(=O)O. The number of methoxy groups -OCH3 is 1. The molecule has 0 amide bonds. The van der Waals surface area contributed by atoms with Crippen LogP contribution < -0.4 is 0 Å². The summed E-state index contributed by atoms with van der Waals surface area (Å²) in [6.45, 7) is 6.61. The first kappa shape index (κ1) is 15.6. The molecule has 1 N–H and O–H groups in total. The van der Waals surface area contributed by atoms with E-state index in [9.17, 15) is 9.59 Å². The topological polar surface area (TPSA) is 63.6 Å². The monoisotopic (exact) mass is 248 g/mol. The van der Waals surface area contributed by atoms with Gasteiger partial charge in [-0.1, -0.05) is 43.5 Å². The maximum Gasteiger partial charge on any atom is 0.333 e. The molecule has 0 saturated carbocycles. The zero-order chi connectivity index (χ0) is 14.0. The number of hydrogen-bond acceptors (Lipinski definition) is 3. The highest BCUT2D eigenvalue weighted by Gasteiger charge is 2.06. The molecular weight excluding hydrogens is 232 g/mol. The van der Waals surface area contributed by atoms with Crippen molar-refractivity contribution in [2.24, 2.45) is 0 Å². The van der Waals surface area contributed by atoms with Crippen molar-refractivity contribution in [2.75, 3.05) is 7.11 Å². The quantitative estimate of drug-likeness (QED) is 0.655. The summed E-state index contributed by atoms with van der Waals surface area (Å²) in [6, 6.07) is 9.70. The summed E-state index contributed by atoms with van der Waals surface area (Å²) in [7, 11) is 1.36. The van der Waals surface area contributed by atoms with Crippen molar-refractivity contribution < 1.29 is 19.4 Å². The first-order valence-corrected chi connectivity index (χ1v) is 5.16.